The van der Waals surface area contributed by atoms with Crippen LogP contribution in [-0.4, -0.2) is 39.9 Å². The molecule has 1 atom stereocenters. The summed E-state index contributed by atoms with van der Waals surface area (Å²) in [5.41, 5.74) is 0.447. The molecule has 0 saturated carbocycles. The lowest BCUT2D eigenvalue weighted by atomic mass is 10.1. The zero-order valence-corrected chi connectivity index (χ0v) is 11.9. The van der Waals surface area contributed by atoms with Crippen LogP contribution in [0.25, 0.3) is 0 Å². The van der Waals surface area contributed by atoms with Crippen LogP contribution in [0.5, 0.6) is 0 Å². The van der Waals surface area contributed by atoms with Crippen molar-refractivity contribution < 1.29 is 18.5 Å². The fourth-order valence-electron chi connectivity index (χ4n) is 1.47. The molecule has 0 saturated heterocycles. The molecule has 1 unspecified atom stereocenters. The molecule has 0 aliphatic carbocycles. The number of carbonyl (C=O) groups excluding carboxylic acids is 1. The van der Waals surface area contributed by atoms with Crippen molar-refractivity contribution in [3.8, 4) is 11.8 Å². The van der Waals surface area contributed by atoms with E-state index in [-0.39, 0.29) is 18.7 Å². The summed E-state index contributed by atoms with van der Waals surface area (Å²) in [7, 11) is -0.964. The highest BCUT2D eigenvalue weighted by Gasteiger charge is 2.11. The van der Waals surface area contributed by atoms with Crippen LogP contribution in [0.3, 0.4) is 0 Å². The lowest BCUT2D eigenvalue weighted by Gasteiger charge is -2.07. The Bertz CT molecular complexity index is 563. The van der Waals surface area contributed by atoms with Crippen LogP contribution < -0.4 is 5.32 Å². The predicted molar refractivity (Wildman–Crippen MR) is 76.2 cm³/mol. The van der Waals surface area contributed by atoms with Gasteiger partial charge in [0.15, 0.2) is 0 Å². The molecule has 1 aromatic carbocycles. The smallest absolute Gasteiger partial charge is 0.252 e. The molecule has 1 rings (SSSR count). The number of rotatable bonds is 5. The van der Waals surface area contributed by atoms with E-state index in [1.54, 1.807) is 6.92 Å². The normalized spacial score (nSPS) is 11.3. The molecule has 20 heavy (non-hydrogen) atoms. The van der Waals surface area contributed by atoms with Crippen molar-refractivity contribution in [2.45, 2.75) is 6.92 Å². The number of aliphatic hydroxyl groups is 1. The maximum Gasteiger partial charge on any atom is 0.252 e. The average Bonchev–Trinajstić information content (AvgIpc) is 2.45. The van der Waals surface area contributed by atoms with Gasteiger partial charge in [-0.05, 0) is 18.2 Å². The maximum atomic E-state index is 13.2. The van der Waals surface area contributed by atoms with E-state index in [9.17, 15) is 13.4 Å². The molecular weight excluding hydrogens is 281 g/mol. The Morgan fingerprint density at radius 1 is 1.50 bits per heavy atom. The van der Waals surface area contributed by atoms with Crippen molar-refractivity contribution >= 4 is 16.7 Å². The molecule has 0 aliphatic heterocycles. The fourth-order valence-corrected chi connectivity index (χ4v) is 2.08. The summed E-state index contributed by atoms with van der Waals surface area (Å²) in [6.45, 7) is 1.71. The van der Waals surface area contributed by atoms with Crippen molar-refractivity contribution in [3.63, 3.8) is 0 Å². The molecular formula is C14H16FNO3S. The topological polar surface area (TPSA) is 66.4 Å². The van der Waals surface area contributed by atoms with E-state index in [0.29, 0.717) is 17.1 Å². The van der Waals surface area contributed by atoms with Crippen LogP contribution in [0.2, 0.25) is 0 Å². The highest BCUT2D eigenvalue weighted by molar-refractivity contribution is 7.84. The summed E-state index contributed by atoms with van der Waals surface area (Å²) in [6.07, 6.45) is 0. The van der Waals surface area contributed by atoms with Crippen LogP contribution in [0.4, 0.5) is 4.39 Å². The SMILES string of the molecule is CCS(=O)CCNC(=O)c1cc(F)ccc1C#CCO. The molecule has 2 N–H and O–H groups in total. The summed E-state index contributed by atoms with van der Waals surface area (Å²) in [6, 6.07) is 3.68. The lowest BCUT2D eigenvalue weighted by Crippen LogP contribution is -2.28. The average molecular weight is 297 g/mol. The van der Waals surface area contributed by atoms with Gasteiger partial charge in [-0.2, -0.15) is 0 Å². The first-order valence-electron chi connectivity index (χ1n) is 6.11. The van der Waals surface area contributed by atoms with Gasteiger partial charge in [-0.3, -0.25) is 9.00 Å². The zero-order valence-electron chi connectivity index (χ0n) is 11.1. The lowest BCUT2D eigenvalue weighted by molar-refractivity contribution is 0.0955. The minimum absolute atomic E-state index is 0.105. The van der Waals surface area contributed by atoms with Gasteiger partial charge in [0, 0.05) is 34.4 Å². The molecule has 0 bridgehead atoms. The van der Waals surface area contributed by atoms with Gasteiger partial charge in [-0.15, -0.1) is 0 Å². The van der Waals surface area contributed by atoms with Gasteiger partial charge in [0.1, 0.15) is 12.4 Å². The second-order valence-corrected chi connectivity index (χ2v) is 5.70. The molecule has 108 valence electrons. The van der Waals surface area contributed by atoms with Crippen molar-refractivity contribution in [2.75, 3.05) is 24.7 Å². The minimum atomic E-state index is -0.964. The summed E-state index contributed by atoms with van der Waals surface area (Å²) >= 11 is 0. The quantitative estimate of drug-likeness (QED) is 0.785. The Morgan fingerprint density at radius 3 is 2.90 bits per heavy atom. The molecule has 0 fully saturated rings. The number of aliphatic hydroxyl groups excluding tert-OH is 1. The maximum absolute atomic E-state index is 13.2. The highest BCUT2D eigenvalue weighted by atomic mass is 32.2. The summed E-state index contributed by atoms with van der Waals surface area (Å²) in [5.74, 6) is 4.89. The van der Waals surface area contributed by atoms with Gasteiger partial charge in [-0.1, -0.05) is 18.8 Å². The molecule has 6 heteroatoms. The van der Waals surface area contributed by atoms with Crippen LogP contribution in [0, 0.1) is 17.7 Å². The molecule has 1 aromatic rings. The third-order valence-corrected chi connectivity index (χ3v) is 3.77. The highest BCUT2D eigenvalue weighted by Crippen LogP contribution is 2.10. The van der Waals surface area contributed by atoms with Gasteiger partial charge < -0.3 is 10.4 Å². The third kappa shape index (κ3) is 5.11. The van der Waals surface area contributed by atoms with Gasteiger partial charge in [0.2, 0.25) is 0 Å². The van der Waals surface area contributed by atoms with E-state index in [2.05, 4.69) is 17.2 Å². The van der Waals surface area contributed by atoms with Crippen molar-refractivity contribution in [2.24, 2.45) is 0 Å². The first kappa shape index (κ1) is 16.3. The molecule has 0 aliphatic rings. The third-order valence-electron chi connectivity index (χ3n) is 2.47. The molecule has 1 amide bonds. The van der Waals surface area contributed by atoms with Gasteiger partial charge >= 0.3 is 0 Å². The first-order valence-corrected chi connectivity index (χ1v) is 7.59. The number of hydrogen-bond acceptors (Lipinski definition) is 3. The summed E-state index contributed by atoms with van der Waals surface area (Å²) < 4.78 is 24.5. The van der Waals surface area contributed by atoms with Crippen molar-refractivity contribution in [3.05, 3.63) is 35.1 Å². The molecule has 0 aromatic heterocycles. The van der Waals surface area contributed by atoms with Gasteiger partial charge in [0.25, 0.3) is 5.91 Å². The zero-order chi connectivity index (χ0) is 15.0. The van der Waals surface area contributed by atoms with E-state index in [1.165, 1.54) is 12.1 Å². The van der Waals surface area contributed by atoms with Gasteiger partial charge in [-0.25, -0.2) is 4.39 Å². The summed E-state index contributed by atoms with van der Waals surface area (Å²) in [5, 5.41) is 11.2. The number of hydrogen-bond donors (Lipinski definition) is 2. The first-order chi connectivity index (χ1) is 9.58. The number of benzene rings is 1. The Hall–Kier alpha value is -1.71. The fraction of sp³-hybridized carbons (Fsp3) is 0.357. The van der Waals surface area contributed by atoms with Crippen molar-refractivity contribution in [1.29, 1.82) is 0 Å². The predicted octanol–water partition coefficient (Wildman–Crippen LogP) is 0.668. The monoisotopic (exact) mass is 297 g/mol. The molecule has 0 heterocycles. The Balaban J connectivity index is 2.80. The van der Waals surface area contributed by atoms with Gasteiger partial charge in [0.05, 0.1) is 5.56 Å². The number of carbonyl (C=O) groups is 1. The van der Waals surface area contributed by atoms with E-state index in [0.717, 1.165) is 6.07 Å². The van der Waals surface area contributed by atoms with E-state index in [4.69, 9.17) is 5.11 Å². The number of nitrogens with one attached hydrogen (secondary N) is 1. The second-order valence-electron chi connectivity index (χ2n) is 3.84. The standard InChI is InChI=1S/C14H16FNO3S/c1-2-20(19)9-7-16-14(18)13-10-12(15)6-5-11(13)4-3-8-17/h5-6,10,17H,2,7-9H2,1H3,(H,16,18). The second kappa shape index (κ2) is 8.46. The minimum Gasteiger partial charge on any atom is -0.384 e. The molecule has 4 nitrogen and oxygen atoms in total. The van der Waals surface area contributed by atoms with Crippen LogP contribution in [0.1, 0.15) is 22.8 Å². The molecule has 0 radical (unpaired) electrons. The Morgan fingerprint density at radius 2 is 2.25 bits per heavy atom. The molecule has 0 spiro atoms. The Kier molecular flexibility index (Phi) is 6.91. The summed E-state index contributed by atoms with van der Waals surface area (Å²) in [4.78, 5) is 11.9. The number of amides is 1. The Labute approximate surface area is 119 Å². The van der Waals surface area contributed by atoms with E-state index >= 15 is 0 Å². The van der Waals surface area contributed by atoms with Crippen LogP contribution >= 0.6 is 0 Å². The van der Waals surface area contributed by atoms with E-state index < -0.39 is 22.5 Å². The number of halogens is 1. The van der Waals surface area contributed by atoms with Crippen LogP contribution in [0.15, 0.2) is 18.2 Å². The largest absolute Gasteiger partial charge is 0.384 e. The van der Waals surface area contributed by atoms with E-state index in [1.807, 2.05) is 0 Å². The van der Waals surface area contributed by atoms with Crippen molar-refractivity contribution in [1.82, 2.24) is 5.32 Å². The van der Waals surface area contributed by atoms with Crippen LogP contribution in [-0.2, 0) is 10.8 Å².